The maximum atomic E-state index is 12.8. The highest BCUT2D eigenvalue weighted by Gasteiger charge is 2.34. The van der Waals surface area contributed by atoms with Crippen LogP contribution in [0.4, 0.5) is 10.5 Å². The number of non-ortho nitro benzene ring substituents is 1. The lowest BCUT2D eigenvalue weighted by Gasteiger charge is -2.10. The van der Waals surface area contributed by atoms with Crippen molar-refractivity contribution in [3.05, 3.63) is 93.1 Å². The Morgan fingerprint density at radius 3 is 2.42 bits per heavy atom. The van der Waals surface area contributed by atoms with Crippen molar-refractivity contribution in [1.29, 1.82) is 0 Å². The van der Waals surface area contributed by atoms with Crippen LogP contribution in [0.3, 0.4) is 0 Å². The third-order valence-electron chi connectivity index (χ3n) is 5.34. The molecule has 0 aliphatic carbocycles. The molecule has 13 nitrogen and oxygen atoms in total. The molecule has 3 aromatic rings. The Bertz CT molecular complexity index is 1470. The molecule has 13 heteroatoms. The Morgan fingerprint density at radius 1 is 1.03 bits per heavy atom. The molecule has 194 valence electrons. The van der Waals surface area contributed by atoms with E-state index in [1.807, 2.05) is 0 Å². The highest BCUT2D eigenvalue weighted by Crippen LogP contribution is 2.30. The van der Waals surface area contributed by atoms with E-state index in [2.05, 4.69) is 10.1 Å². The summed E-state index contributed by atoms with van der Waals surface area (Å²) in [7, 11) is 2.55. The Hall–Kier alpha value is -5.46. The second kappa shape index (κ2) is 10.7. The number of nitrogens with zero attached hydrogens (tertiary/aromatic N) is 2. The number of methoxy groups -OCH3 is 2. The molecule has 0 unspecified atom stereocenters. The normalized spacial score (nSPS) is 13.8. The van der Waals surface area contributed by atoms with Crippen LogP contribution in [0.2, 0.25) is 0 Å². The lowest BCUT2D eigenvalue weighted by atomic mass is 10.1. The van der Waals surface area contributed by atoms with E-state index in [0.717, 1.165) is 4.90 Å². The molecule has 1 aliphatic rings. The predicted octanol–water partition coefficient (Wildman–Crippen LogP) is 3.30. The molecular formula is C25H19N3O10. The third-order valence-corrected chi connectivity index (χ3v) is 5.34. The number of carbonyl (C=O) groups excluding carboxylic acids is 4. The molecule has 0 atom stereocenters. The summed E-state index contributed by atoms with van der Waals surface area (Å²) in [6.07, 6.45) is 1.41. The van der Waals surface area contributed by atoms with Gasteiger partial charge in [0.25, 0.3) is 11.6 Å². The quantitative estimate of drug-likeness (QED) is 0.116. The predicted molar refractivity (Wildman–Crippen MR) is 128 cm³/mol. The van der Waals surface area contributed by atoms with Gasteiger partial charge >= 0.3 is 18.0 Å². The number of carbonyl (C=O) groups is 4. The molecule has 0 spiro atoms. The van der Waals surface area contributed by atoms with E-state index < -0.39 is 28.8 Å². The number of hydrogen-bond acceptors (Lipinski definition) is 10. The van der Waals surface area contributed by atoms with Gasteiger partial charge in [0.15, 0.2) is 11.5 Å². The number of hydrogen-bond donors (Lipinski definition) is 1. The van der Waals surface area contributed by atoms with Gasteiger partial charge in [-0.1, -0.05) is 6.07 Å². The molecule has 1 saturated heterocycles. The zero-order chi connectivity index (χ0) is 27.4. The van der Waals surface area contributed by atoms with Crippen LogP contribution in [0.1, 0.15) is 32.2 Å². The van der Waals surface area contributed by atoms with Crippen molar-refractivity contribution >= 4 is 35.6 Å². The SMILES string of the molecule is COC(=O)c1ccc(CN2C(=O)N/C(=C\c3ccc(OC(=O)c4ccc([N+](=O)[O-])cc4)c(OC)c3)C2=O)o1. The summed E-state index contributed by atoms with van der Waals surface area (Å²) >= 11 is 0. The molecule has 1 fully saturated rings. The van der Waals surface area contributed by atoms with Crippen molar-refractivity contribution < 1.29 is 42.7 Å². The number of amides is 3. The molecule has 3 amide bonds. The zero-order valence-corrected chi connectivity index (χ0v) is 20.0. The van der Waals surface area contributed by atoms with E-state index in [-0.39, 0.29) is 46.5 Å². The van der Waals surface area contributed by atoms with Gasteiger partial charge < -0.3 is 23.9 Å². The number of benzene rings is 2. The third kappa shape index (κ3) is 5.36. The minimum Gasteiger partial charge on any atom is -0.493 e. The second-order valence-electron chi connectivity index (χ2n) is 7.74. The van der Waals surface area contributed by atoms with Gasteiger partial charge in [-0.15, -0.1) is 0 Å². The Labute approximate surface area is 214 Å². The average molecular weight is 521 g/mol. The van der Waals surface area contributed by atoms with Crippen LogP contribution in [-0.4, -0.2) is 47.9 Å². The molecule has 38 heavy (non-hydrogen) atoms. The first kappa shape index (κ1) is 25.6. The van der Waals surface area contributed by atoms with Crippen molar-refractivity contribution in [3.63, 3.8) is 0 Å². The largest absolute Gasteiger partial charge is 0.493 e. The average Bonchev–Trinajstić information content (AvgIpc) is 3.49. The number of nitrogens with one attached hydrogen (secondary N) is 1. The molecule has 1 aromatic heterocycles. The number of ether oxygens (including phenoxy) is 3. The van der Waals surface area contributed by atoms with E-state index in [4.69, 9.17) is 13.9 Å². The fourth-order valence-electron chi connectivity index (χ4n) is 3.45. The number of nitro groups is 1. The monoisotopic (exact) mass is 521 g/mol. The lowest BCUT2D eigenvalue weighted by molar-refractivity contribution is -0.384. The molecule has 1 aliphatic heterocycles. The number of furan rings is 1. The summed E-state index contributed by atoms with van der Waals surface area (Å²) < 4.78 is 20.5. The minimum atomic E-state index is -0.758. The van der Waals surface area contributed by atoms with Gasteiger partial charge in [0.2, 0.25) is 5.76 Å². The van der Waals surface area contributed by atoms with Crippen LogP contribution in [0.15, 0.2) is 64.7 Å². The van der Waals surface area contributed by atoms with E-state index >= 15 is 0 Å². The smallest absolute Gasteiger partial charge is 0.373 e. The number of urea groups is 1. The van der Waals surface area contributed by atoms with Gasteiger partial charge in [0.05, 0.1) is 31.3 Å². The molecular weight excluding hydrogens is 502 g/mol. The van der Waals surface area contributed by atoms with E-state index in [1.165, 1.54) is 74.9 Å². The van der Waals surface area contributed by atoms with Gasteiger partial charge in [-0.05, 0) is 48.0 Å². The van der Waals surface area contributed by atoms with Crippen LogP contribution in [-0.2, 0) is 16.1 Å². The summed E-state index contributed by atoms with van der Waals surface area (Å²) in [4.78, 5) is 60.3. The van der Waals surface area contributed by atoms with Crippen LogP contribution < -0.4 is 14.8 Å². The van der Waals surface area contributed by atoms with E-state index in [9.17, 15) is 29.3 Å². The van der Waals surface area contributed by atoms with Crippen molar-refractivity contribution in [2.45, 2.75) is 6.54 Å². The van der Waals surface area contributed by atoms with Gasteiger partial charge in [-0.3, -0.25) is 19.8 Å². The molecule has 1 N–H and O–H groups in total. The Kier molecular flexibility index (Phi) is 7.19. The fraction of sp³-hybridized carbons (Fsp3) is 0.120. The van der Waals surface area contributed by atoms with E-state index in [0.29, 0.717) is 5.56 Å². The molecule has 0 radical (unpaired) electrons. The van der Waals surface area contributed by atoms with Gasteiger partial charge in [-0.25, -0.2) is 14.4 Å². The van der Waals surface area contributed by atoms with Crippen molar-refractivity contribution in [1.82, 2.24) is 10.2 Å². The minimum absolute atomic E-state index is 0.0209. The van der Waals surface area contributed by atoms with Crippen LogP contribution >= 0.6 is 0 Å². The molecule has 0 bridgehead atoms. The number of nitro benzene ring substituents is 1. The Morgan fingerprint density at radius 2 is 1.76 bits per heavy atom. The van der Waals surface area contributed by atoms with Crippen molar-refractivity contribution in [2.75, 3.05) is 14.2 Å². The second-order valence-corrected chi connectivity index (χ2v) is 7.74. The first-order chi connectivity index (χ1) is 18.2. The topological polar surface area (TPSA) is 168 Å². The van der Waals surface area contributed by atoms with Gasteiger partial charge in [0.1, 0.15) is 11.5 Å². The maximum Gasteiger partial charge on any atom is 0.373 e. The van der Waals surface area contributed by atoms with Crippen molar-refractivity contribution in [2.24, 2.45) is 0 Å². The van der Waals surface area contributed by atoms with Crippen LogP contribution in [0.5, 0.6) is 11.5 Å². The van der Waals surface area contributed by atoms with Crippen molar-refractivity contribution in [3.8, 4) is 11.5 Å². The molecule has 2 aromatic carbocycles. The Balaban J connectivity index is 1.48. The summed E-state index contributed by atoms with van der Waals surface area (Å²) in [5.41, 5.74) is 0.359. The van der Waals surface area contributed by atoms with E-state index in [1.54, 1.807) is 0 Å². The molecule has 0 saturated carbocycles. The zero-order valence-electron chi connectivity index (χ0n) is 20.0. The van der Waals surface area contributed by atoms with Gasteiger partial charge in [0, 0.05) is 12.1 Å². The summed E-state index contributed by atoms with van der Waals surface area (Å²) in [5, 5.41) is 13.3. The number of rotatable bonds is 8. The highest BCUT2D eigenvalue weighted by molar-refractivity contribution is 6.13. The lowest BCUT2D eigenvalue weighted by Crippen LogP contribution is -2.30. The summed E-state index contributed by atoms with van der Waals surface area (Å²) in [5.74, 6) is -1.70. The highest BCUT2D eigenvalue weighted by atomic mass is 16.6. The first-order valence-corrected chi connectivity index (χ1v) is 10.9. The number of esters is 2. The summed E-state index contributed by atoms with van der Waals surface area (Å²) in [6, 6.07) is 11.5. The molecule has 2 heterocycles. The summed E-state index contributed by atoms with van der Waals surface area (Å²) in [6.45, 7) is -0.208. The van der Waals surface area contributed by atoms with Crippen LogP contribution in [0.25, 0.3) is 6.08 Å². The first-order valence-electron chi connectivity index (χ1n) is 10.9. The fourth-order valence-corrected chi connectivity index (χ4v) is 3.45. The molecule has 4 rings (SSSR count). The maximum absolute atomic E-state index is 12.8. The van der Waals surface area contributed by atoms with Gasteiger partial charge in [-0.2, -0.15) is 0 Å². The number of imide groups is 1. The standard InChI is InChI=1S/C25H19N3O10/c1-35-21-12-14(3-9-19(21)38-23(30)15-4-6-16(7-5-15)28(33)34)11-18-22(29)27(25(32)26-18)13-17-8-10-20(37-17)24(31)36-2/h3-12H,13H2,1-2H3,(H,26,32)/b18-11-. The van der Waals surface area contributed by atoms with Crippen LogP contribution in [0, 0.1) is 10.1 Å².